The lowest BCUT2D eigenvalue weighted by molar-refractivity contribution is 0.185. The van der Waals surface area contributed by atoms with Crippen LogP contribution in [0, 0.1) is 12.8 Å². The van der Waals surface area contributed by atoms with E-state index in [0.717, 1.165) is 34.7 Å². The second kappa shape index (κ2) is 8.15. The number of hydrogen-bond acceptors (Lipinski definition) is 6. The summed E-state index contributed by atoms with van der Waals surface area (Å²) in [5.41, 5.74) is 2.12. The molecule has 5 nitrogen and oxygen atoms in total. The average molecular weight is 380 g/mol. The number of hydrogen-bond donors (Lipinski definition) is 1. The van der Waals surface area contributed by atoms with Gasteiger partial charge < -0.3 is 5.32 Å². The number of likely N-dealkylation sites (tertiary alicyclic amines) is 1. The number of aryl methyl sites for hydroxylation is 1. The highest BCUT2D eigenvalue weighted by atomic mass is 32.1. The lowest BCUT2D eigenvalue weighted by atomic mass is 9.99. The largest absolute Gasteiger partial charge is 0.325 e. The van der Waals surface area contributed by atoms with Crippen LogP contribution in [-0.2, 0) is 6.54 Å². The molecule has 140 valence electrons. The molecule has 1 aliphatic rings. The van der Waals surface area contributed by atoms with Crippen molar-refractivity contribution in [3.63, 3.8) is 0 Å². The Labute approximate surface area is 164 Å². The highest BCUT2D eigenvalue weighted by Gasteiger charge is 2.17. The molecule has 0 atom stereocenters. The van der Waals surface area contributed by atoms with Gasteiger partial charge in [-0.1, -0.05) is 13.0 Å². The quantitative estimate of drug-likeness (QED) is 0.684. The minimum absolute atomic E-state index is 0.797. The maximum absolute atomic E-state index is 4.74. The van der Waals surface area contributed by atoms with Crippen molar-refractivity contribution in [2.75, 3.05) is 18.4 Å². The normalized spacial score (nSPS) is 15.8. The first-order valence-electron chi connectivity index (χ1n) is 9.50. The zero-order chi connectivity index (χ0) is 18.6. The van der Waals surface area contributed by atoms with Crippen molar-refractivity contribution in [1.29, 1.82) is 0 Å². The molecule has 1 fully saturated rings. The number of thiazole rings is 1. The molecule has 0 unspecified atom stereocenters. The third-order valence-electron chi connectivity index (χ3n) is 4.96. The van der Waals surface area contributed by atoms with Gasteiger partial charge in [-0.2, -0.15) is 0 Å². The van der Waals surface area contributed by atoms with E-state index in [2.05, 4.69) is 34.0 Å². The lowest BCUT2D eigenvalue weighted by Gasteiger charge is -2.29. The van der Waals surface area contributed by atoms with Gasteiger partial charge in [-0.25, -0.2) is 15.0 Å². The van der Waals surface area contributed by atoms with Gasteiger partial charge in [0.15, 0.2) is 0 Å². The summed E-state index contributed by atoms with van der Waals surface area (Å²) in [5, 5.41) is 4.45. The van der Waals surface area contributed by atoms with E-state index < -0.39 is 0 Å². The second-order valence-electron chi connectivity index (χ2n) is 7.33. The molecule has 0 saturated carbocycles. The van der Waals surface area contributed by atoms with E-state index in [4.69, 9.17) is 4.98 Å². The summed E-state index contributed by atoms with van der Waals surface area (Å²) in [5.74, 6) is 2.46. The molecule has 1 saturated heterocycles. The van der Waals surface area contributed by atoms with E-state index in [1.165, 1.54) is 36.5 Å². The summed E-state index contributed by atoms with van der Waals surface area (Å²) < 4.78 is 0. The summed E-state index contributed by atoms with van der Waals surface area (Å²) in [7, 11) is 0. The first-order chi connectivity index (χ1) is 13.2. The topological polar surface area (TPSA) is 53.9 Å². The van der Waals surface area contributed by atoms with Crippen LogP contribution in [0.2, 0.25) is 0 Å². The third-order valence-corrected chi connectivity index (χ3v) is 5.97. The van der Waals surface area contributed by atoms with Gasteiger partial charge in [-0.3, -0.25) is 4.90 Å². The van der Waals surface area contributed by atoms with E-state index in [9.17, 15) is 0 Å². The fourth-order valence-corrected chi connectivity index (χ4v) is 4.22. The standard InChI is InChI=1S/C21H25N5S/c1-15-7-10-26(11-8-15)14-21-23-13-18(27-21)17-4-3-5-19(24-17)25-20-12-16(2)6-9-22-20/h3-6,9,12-13,15H,7-8,10-11,14H2,1-2H3,(H,22,24,25). The molecule has 0 bridgehead atoms. The summed E-state index contributed by atoms with van der Waals surface area (Å²) >= 11 is 1.74. The molecule has 0 aromatic carbocycles. The van der Waals surface area contributed by atoms with Crippen LogP contribution in [0.4, 0.5) is 11.6 Å². The number of rotatable bonds is 5. The average Bonchev–Trinajstić information content (AvgIpc) is 3.13. The predicted octanol–water partition coefficient (Wildman–Crippen LogP) is 4.88. The molecule has 3 aromatic heterocycles. The van der Waals surface area contributed by atoms with Crippen LogP contribution in [0.25, 0.3) is 10.6 Å². The molecule has 3 aromatic rings. The van der Waals surface area contributed by atoms with Gasteiger partial charge in [-0.15, -0.1) is 11.3 Å². The lowest BCUT2D eigenvalue weighted by Crippen LogP contribution is -2.32. The molecule has 0 radical (unpaired) electrons. The number of nitrogens with one attached hydrogen (secondary N) is 1. The molecular formula is C21H25N5S. The number of anilines is 2. The molecule has 4 heterocycles. The SMILES string of the molecule is Cc1ccnc(Nc2cccc(-c3cnc(CN4CCC(C)CC4)s3)n2)c1. The second-order valence-corrected chi connectivity index (χ2v) is 8.44. The fraction of sp³-hybridized carbons (Fsp3) is 0.381. The monoisotopic (exact) mass is 379 g/mol. The molecule has 4 rings (SSSR count). The number of aromatic nitrogens is 3. The Bertz CT molecular complexity index is 899. The minimum Gasteiger partial charge on any atom is -0.325 e. The summed E-state index contributed by atoms with van der Waals surface area (Å²) in [4.78, 5) is 17.3. The fourth-order valence-electron chi connectivity index (χ4n) is 3.29. The van der Waals surface area contributed by atoms with E-state index in [0.29, 0.717) is 0 Å². The van der Waals surface area contributed by atoms with Crippen molar-refractivity contribution in [2.45, 2.75) is 33.2 Å². The maximum atomic E-state index is 4.74. The Morgan fingerprint density at radius 2 is 2.00 bits per heavy atom. The zero-order valence-electron chi connectivity index (χ0n) is 15.9. The Balaban J connectivity index is 1.45. The van der Waals surface area contributed by atoms with Crippen molar-refractivity contribution < 1.29 is 0 Å². The first-order valence-corrected chi connectivity index (χ1v) is 10.3. The molecule has 27 heavy (non-hydrogen) atoms. The smallest absolute Gasteiger partial charge is 0.132 e. The van der Waals surface area contributed by atoms with Crippen LogP contribution >= 0.6 is 11.3 Å². The van der Waals surface area contributed by atoms with Gasteiger partial charge in [-0.05, 0) is 68.6 Å². The Morgan fingerprint density at radius 3 is 2.81 bits per heavy atom. The van der Waals surface area contributed by atoms with Crippen molar-refractivity contribution >= 4 is 23.0 Å². The van der Waals surface area contributed by atoms with Gasteiger partial charge >= 0.3 is 0 Å². The van der Waals surface area contributed by atoms with E-state index in [1.54, 1.807) is 17.5 Å². The van der Waals surface area contributed by atoms with Gasteiger partial charge in [0.25, 0.3) is 0 Å². The van der Waals surface area contributed by atoms with Crippen LogP contribution in [0.15, 0.2) is 42.7 Å². The van der Waals surface area contributed by atoms with Gasteiger partial charge in [0.05, 0.1) is 17.1 Å². The number of nitrogens with zero attached hydrogens (tertiary/aromatic N) is 4. The van der Waals surface area contributed by atoms with Crippen LogP contribution < -0.4 is 5.32 Å². The van der Waals surface area contributed by atoms with Crippen LogP contribution in [0.1, 0.15) is 30.3 Å². The molecule has 1 N–H and O–H groups in total. The van der Waals surface area contributed by atoms with Crippen molar-refractivity contribution in [3.8, 4) is 10.6 Å². The van der Waals surface area contributed by atoms with Crippen LogP contribution in [0.5, 0.6) is 0 Å². The summed E-state index contributed by atoms with van der Waals surface area (Å²) in [6.07, 6.45) is 6.34. The first kappa shape index (κ1) is 18.1. The Hall–Kier alpha value is -2.31. The van der Waals surface area contributed by atoms with E-state index >= 15 is 0 Å². The maximum Gasteiger partial charge on any atom is 0.132 e. The minimum atomic E-state index is 0.797. The van der Waals surface area contributed by atoms with Crippen LogP contribution in [0.3, 0.4) is 0 Å². The van der Waals surface area contributed by atoms with Gasteiger partial charge in [0.1, 0.15) is 16.6 Å². The molecule has 0 aliphatic carbocycles. The molecule has 0 spiro atoms. The van der Waals surface area contributed by atoms with Crippen molar-refractivity contribution in [2.24, 2.45) is 5.92 Å². The third kappa shape index (κ3) is 4.70. The number of pyridine rings is 2. The Kier molecular flexibility index (Phi) is 5.45. The molecule has 6 heteroatoms. The van der Waals surface area contributed by atoms with E-state index in [-0.39, 0.29) is 0 Å². The highest BCUT2D eigenvalue weighted by Crippen LogP contribution is 2.28. The molecule has 1 aliphatic heterocycles. The number of piperidine rings is 1. The highest BCUT2D eigenvalue weighted by molar-refractivity contribution is 7.15. The molecule has 0 amide bonds. The molecular weight excluding hydrogens is 354 g/mol. The van der Waals surface area contributed by atoms with Gasteiger partial charge in [0, 0.05) is 12.4 Å². The predicted molar refractivity (Wildman–Crippen MR) is 111 cm³/mol. The Morgan fingerprint density at radius 1 is 1.15 bits per heavy atom. The summed E-state index contributed by atoms with van der Waals surface area (Å²) in [6.45, 7) is 7.70. The van der Waals surface area contributed by atoms with Gasteiger partial charge in [0.2, 0.25) is 0 Å². The van der Waals surface area contributed by atoms with Crippen molar-refractivity contribution in [3.05, 3.63) is 53.3 Å². The van der Waals surface area contributed by atoms with E-state index in [1.807, 2.05) is 36.5 Å². The zero-order valence-corrected chi connectivity index (χ0v) is 16.7. The van der Waals surface area contributed by atoms with Crippen LogP contribution in [-0.4, -0.2) is 32.9 Å². The summed E-state index contributed by atoms with van der Waals surface area (Å²) in [6, 6.07) is 10.0. The van der Waals surface area contributed by atoms with Crippen molar-refractivity contribution in [1.82, 2.24) is 19.9 Å².